The van der Waals surface area contributed by atoms with Crippen LogP contribution in [0.2, 0.25) is 0 Å². The van der Waals surface area contributed by atoms with E-state index in [0.29, 0.717) is 19.6 Å². The van der Waals surface area contributed by atoms with Crippen LogP contribution in [0, 0.1) is 6.42 Å². The quantitative estimate of drug-likeness (QED) is 0.469. The third kappa shape index (κ3) is 1.60. The van der Waals surface area contributed by atoms with Crippen molar-refractivity contribution in [3.8, 4) is 0 Å². The Morgan fingerprint density at radius 3 is 3.50 bits per heavy atom. The van der Waals surface area contributed by atoms with Crippen molar-refractivity contribution >= 4 is 5.78 Å². The number of nitrogens with one attached hydrogen (secondary N) is 1. The van der Waals surface area contributed by atoms with Gasteiger partial charge in [0.25, 0.3) is 0 Å². The summed E-state index contributed by atoms with van der Waals surface area (Å²) in [6.45, 7) is 1.04. The number of carbonyl (C=O) groups excluding carboxylic acids is 1. The largest absolute Gasteiger partial charge is 0.301 e. The first kappa shape index (κ1) is 5.72. The number of ketones is 1. The summed E-state index contributed by atoms with van der Waals surface area (Å²) in [5.74, 6) is 0.162. The molecular weight excluding hydrogens is 106 g/mol. The molecule has 1 rings (SSSR count). The summed E-state index contributed by atoms with van der Waals surface area (Å²) in [5, 5.41) is 0. The van der Waals surface area contributed by atoms with Gasteiger partial charge in [-0.15, -0.1) is 0 Å². The molecule has 1 aliphatic rings. The molecule has 1 aliphatic heterocycles. The van der Waals surface area contributed by atoms with Gasteiger partial charge in [-0.3, -0.25) is 4.79 Å². The van der Waals surface area contributed by atoms with Gasteiger partial charge >= 0.3 is 0 Å². The van der Waals surface area contributed by atoms with Crippen molar-refractivity contribution < 1.29 is 9.63 Å². The highest BCUT2D eigenvalue weighted by atomic mass is 16.6. The van der Waals surface area contributed by atoms with Crippen LogP contribution >= 0.6 is 0 Å². The smallest absolute Gasteiger partial charge is 0.140 e. The third-order valence-electron chi connectivity index (χ3n) is 0.966. The van der Waals surface area contributed by atoms with Crippen LogP contribution in [0.4, 0.5) is 0 Å². The van der Waals surface area contributed by atoms with E-state index in [1.807, 2.05) is 0 Å². The zero-order valence-electron chi connectivity index (χ0n) is 4.52. The number of carbonyl (C=O) groups is 1. The molecule has 0 bridgehead atoms. The fourth-order valence-electron chi connectivity index (χ4n) is 0.540. The Hall–Kier alpha value is -0.410. The average molecular weight is 114 g/mol. The lowest BCUT2D eigenvalue weighted by molar-refractivity contribution is -0.116. The van der Waals surface area contributed by atoms with E-state index in [-0.39, 0.29) is 5.78 Å². The van der Waals surface area contributed by atoms with E-state index in [1.54, 1.807) is 6.42 Å². The van der Waals surface area contributed by atoms with Crippen LogP contribution in [0.15, 0.2) is 0 Å². The van der Waals surface area contributed by atoms with Crippen molar-refractivity contribution in [2.75, 3.05) is 13.2 Å². The average Bonchev–Trinajstić information content (AvgIpc) is 1.94. The summed E-state index contributed by atoms with van der Waals surface area (Å²) < 4.78 is 0. The summed E-state index contributed by atoms with van der Waals surface area (Å²) in [6.07, 6.45) is 2.10. The normalized spacial score (nSPS) is 22.8. The van der Waals surface area contributed by atoms with Crippen molar-refractivity contribution in [2.24, 2.45) is 0 Å². The van der Waals surface area contributed by atoms with Crippen LogP contribution in [0.25, 0.3) is 0 Å². The fraction of sp³-hybridized carbons (Fsp3) is 0.600. The standard InChI is InChI=1S/C5H8NO2/c7-5-1-3-6-8-4-2-5/h1,6H,2-4H2. The maximum absolute atomic E-state index is 10.5. The highest BCUT2D eigenvalue weighted by Crippen LogP contribution is 1.91. The van der Waals surface area contributed by atoms with Crippen molar-refractivity contribution in [1.29, 1.82) is 0 Å². The molecule has 1 radical (unpaired) electrons. The Balaban J connectivity index is 2.27. The van der Waals surface area contributed by atoms with E-state index < -0.39 is 0 Å². The zero-order chi connectivity index (χ0) is 5.82. The molecule has 0 spiro atoms. The molecule has 1 fully saturated rings. The number of hydrogen-bond acceptors (Lipinski definition) is 3. The number of hydrogen-bond donors (Lipinski definition) is 1. The molecule has 3 nitrogen and oxygen atoms in total. The van der Waals surface area contributed by atoms with Gasteiger partial charge < -0.3 is 4.84 Å². The highest BCUT2D eigenvalue weighted by Gasteiger charge is 2.05. The minimum Gasteiger partial charge on any atom is -0.301 e. The first-order valence-electron chi connectivity index (χ1n) is 2.60. The Bertz CT molecular complexity index is 82.4. The molecule has 8 heavy (non-hydrogen) atoms. The van der Waals surface area contributed by atoms with E-state index in [2.05, 4.69) is 5.48 Å². The van der Waals surface area contributed by atoms with Crippen LogP contribution in [0.5, 0.6) is 0 Å². The first-order chi connectivity index (χ1) is 3.89. The summed E-state index contributed by atoms with van der Waals surface area (Å²) in [6, 6.07) is 0. The van der Waals surface area contributed by atoms with Gasteiger partial charge in [-0.05, 0) is 0 Å². The Morgan fingerprint density at radius 1 is 1.75 bits per heavy atom. The molecule has 0 atom stereocenters. The predicted molar refractivity (Wildman–Crippen MR) is 27.9 cm³/mol. The molecule has 1 heterocycles. The topological polar surface area (TPSA) is 38.3 Å². The van der Waals surface area contributed by atoms with E-state index in [9.17, 15) is 4.79 Å². The highest BCUT2D eigenvalue weighted by molar-refractivity contribution is 5.87. The lowest BCUT2D eigenvalue weighted by Crippen LogP contribution is -2.13. The molecule has 0 amide bonds. The molecular formula is C5H8NO2. The Morgan fingerprint density at radius 2 is 2.62 bits per heavy atom. The third-order valence-corrected chi connectivity index (χ3v) is 0.966. The predicted octanol–water partition coefficient (Wildman–Crippen LogP) is -0.315. The van der Waals surface area contributed by atoms with Crippen LogP contribution in [0.1, 0.15) is 6.42 Å². The van der Waals surface area contributed by atoms with E-state index >= 15 is 0 Å². The summed E-state index contributed by atoms with van der Waals surface area (Å²) >= 11 is 0. The fourth-order valence-corrected chi connectivity index (χ4v) is 0.540. The molecule has 1 N–H and O–H groups in total. The number of Topliss-reactive ketones (excluding diaryl/α,β-unsaturated/α-hetero) is 1. The van der Waals surface area contributed by atoms with Gasteiger partial charge in [0.2, 0.25) is 0 Å². The summed E-state index contributed by atoms with van der Waals surface area (Å²) in [4.78, 5) is 15.3. The molecule has 45 valence electrons. The monoisotopic (exact) mass is 114 g/mol. The van der Waals surface area contributed by atoms with Crippen molar-refractivity contribution in [1.82, 2.24) is 5.48 Å². The molecule has 3 heteroatoms. The summed E-state index contributed by atoms with van der Waals surface area (Å²) in [7, 11) is 0. The zero-order valence-corrected chi connectivity index (χ0v) is 4.52. The Kier molecular flexibility index (Phi) is 2.00. The van der Waals surface area contributed by atoms with Crippen LogP contribution in [0.3, 0.4) is 0 Å². The minimum absolute atomic E-state index is 0.162. The Labute approximate surface area is 48.0 Å². The molecule has 0 unspecified atom stereocenters. The second kappa shape index (κ2) is 2.79. The van der Waals surface area contributed by atoms with Crippen molar-refractivity contribution in [3.63, 3.8) is 0 Å². The first-order valence-corrected chi connectivity index (χ1v) is 2.60. The van der Waals surface area contributed by atoms with Gasteiger partial charge in [0, 0.05) is 19.4 Å². The van der Waals surface area contributed by atoms with Gasteiger partial charge in [-0.2, -0.15) is 0 Å². The molecule has 0 aromatic heterocycles. The van der Waals surface area contributed by atoms with Gasteiger partial charge in [0.1, 0.15) is 5.78 Å². The van der Waals surface area contributed by atoms with Gasteiger partial charge in [0.15, 0.2) is 0 Å². The van der Waals surface area contributed by atoms with Crippen LogP contribution in [-0.2, 0) is 9.63 Å². The van der Waals surface area contributed by atoms with Gasteiger partial charge in [-0.1, -0.05) is 0 Å². The maximum atomic E-state index is 10.5. The van der Waals surface area contributed by atoms with E-state index in [0.717, 1.165) is 0 Å². The van der Waals surface area contributed by atoms with E-state index in [1.165, 1.54) is 0 Å². The molecule has 0 saturated carbocycles. The number of rotatable bonds is 0. The summed E-state index contributed by atoms with van der Waals surface area (Å²) in [5.41, 5.74) is 2.60. The van der Waals surface area contributed by atoms with Gasteiger partial charge in [-0.25, -0.2) is 5.48 Å². The number of hydroxylamine groups is 1. The second-order valence-corrected chi connectivity index (χ2v) is 1.62. The SMILES string of the molecule is O=C1[CH]CNOCC1. The molecule has 0 aromatic rings. The second-order valence-electron chi connectivity index (χ2n) is 1.62. The van der Waals surface area contributed by atoms with Crippen LogP contribution in [-0.4, -0.2) is 18.9 Å². The lowest BCUT2D eigenvalue weighted by atomic mass is 10.2. The molecule has 1 saturated heterocycles. The van der Waals surface area contributed by atoms with Crippen LogP contribution < -0.4 is 5.48 Å². The van der Waals surface area contributed by atoms with Gasteiger partial charge in [0.05, 0.1) is 6.61 Å². The molecule has 0 aromatic carbocycles. The van der Waals surface area contributed by atoms with Crippen molar-refractivity contribution in [3.05, 3.63) is 6.42 Å². The minimum atomic E-state index is 0.162. The van der Waals surface area contributed by atoms with Crippen molar-refractivity contribution in [2.45, 2.75) is 6.42 Å². The van der Waals surface area contributed by atoms with E-state index in [4.69, 9.17) is 4.84 Å². The lowest BCUT2D eigenvalue weighted by Gasteiger charge is -1.93. The maximum Gasteiger partial charge on any atom is 0.140 e. The molecule has 0 aliphatic carbocycles.